The van der Waals surface area contributed by atoms with Crippen molar-refractivity contribution in [2.24, 2.45) is 5.92 Å². The lowest BCUT2D eigenvalue weighted by atomic mass is 9.95. The number of carbonyl (C=O) groups excluding carboxylic acids is 3. The monoisotopic (exact) mass is 428 g/mol. The molecule has 2 N–H and O–H groups in total. The number of nitrogens with one attached hydrogen (secondary N) is 1. The Bertz CT molecular complexity index is 789. The van der Waals surface area contributed by atoms with Crippen LogP contribution in [0.2, 0.25) is 10.0 Å². The van der Waals surface area contributed by atoms with E-state index in [0.717, 1.165) is 0 Å². The number of nitrogens with zero attached hydrogens (tertiary/aromatic N) is 1. The number of aromatic hydroxyl groups is 1. The lowest BCUT2D eigenvalue weighted by Crippen LogP contribution is -2.46. The maximum absolute atomic E-state index is 12.4. The number of carbonyl (C=O) groups is 3. The van der Waals surface area contributed by atoms with E-state index in [4.69, 9.17) is 23.2 Å². The van der Waals surface area contributed by atoms with Gasteiger partial charge >= 0.3 is 5.97 Å². The van der Waals surface area contributed by atoms with Crippen LogP contribution in [0.3, 0.4) is 0 Å². The predicted octanol–water partition coefficient (Wildman–Crippen LogP) is 2.63. The lowest BCUT2D eigenvalue weighted by Gasteiger charge is -2.31. The number of ether oxygens (including phenoxy) is 1. The van der Waals surface area contributed by atoms with Gasteiger partial charge in [-0.05, 0) is 43.5 Å². The summed E-state index contributed by atoms with van der Waals surface area (Å²) in [6.45, 7) is 2.42. The number of piperidine rings is 1. The summed E-state index contributed by atoms with van der Waals surface area (Å²) in [4.78, 5) is 37.6. The number of rotatable bonds is 5. The number of amides is 2. The summed E-state index contributed by atoms with van der Waals surface area (Å²) >= 11 is 11.9. The summed E-state index contributed by atoms with van der Waals surface area (Å²) in [6.07, 6.45) is 3.93. The molecule has 1 fully saturated rings. The maximum Gasteiger partial charge on any atom is 0.328 e. The highest BCUT2D eigenvalue weighted by atomic mass is 35.5. The van der Waals surface area contributed by atoms with Crippen molar-refractivity contribution < 1.29 is 24.2 Å². The van der Waals surface area contributed by atoms with E-state index in [1.807, 2.05) is 0 Å². The molecule has 0 radical (unpaired) electrons. The smallest absolute Gasteiger partial charge is 0.328 e. The highest BCUT2D eigenvalue weighted by Gasteiger charge is 2.28. The maximum atomic E-state index is 12.4. The Kier molecular flexibility index (Phi) is 7.71. The van der Waals surface area contributed by atoms with Gasteiger partial charge in [-0.1, -0.05) is 23.2 Å². The zero-order chi connectivity index (χ0) is 20.8. The van der Waals surface area contributed by atoms with Gasteiger partial charge in [0.2, 0.25) is 11.8 Å². The molecule has 1 aromatic carbocycles. The van der Waals surface area contributed by atoms with Gasteiger partial charge < -0.3 is 20.1 Å². The second-order valence-electron chi connectivity index (χ2n) is 6.49. The third-order valence-corrected chi connectivity index (χ3v) is 5.47. The first-order chi connectivity index (χ1) is 13.2. The van der Waals surface area contributed by atoms with E-state index in [9.17, 15) is 19.5 Å². The van der Waals surface area contributed by atoms with Gasteiger partial charge in [0.25, 0.3) is 0 Å². The summed E-state index contributed by atoms with van der Waals surface area (Å²) in [5.74, 6) is -1.31. The van der Waals surface area contributed by atoms with Crippen LogP contribution in [0.1, 0.15) is 25.3 Å². The second kappa shape index (κ2) is 9.80. The molecule has 0 spiro atoms. The van der Waals surface area contributed by atoms with Gasteiger partial charge in [0.1, 0.15) is 16.8 Å². The molecule has 2 rings (SSSR count). The second-order valence-corrected chi connectivity index (χ2v) is 7.24. The molecule has 0 saturated carbocycles. The molecule has 2 amide bonds. The molecule has 1 aliphatic heterocycles. The molecule has 152 valence electrons. The minimum Gasteiger partial charge on any atom is -0.506 e. The Balaban J connectivity index is 1.89. The third-order valence-electron chi connectivity index (χ3n) is 4.59. The summed E-state index contributed by atoms with van der Waals surface area (Å²) < 4.78 is 4.59. The van der Waals surface area contributed by atoms with Crippen LogP contribution in [-0.2, 0) is 19.1 Å². The number of phenols is 1. The van der Waals surface area contributed by atoms with Crippen LogP contribution >= 0.6 is 23.2 Å². The summed E-state index contributed by atoms with van der Waals surface area (Å²) in [7, 11) is 1.27. The Morgan fingerprint density at radius 1 is 1.25 bits per heavy atom. The van der Waals surface area contributed by atoms with Crippen LogP contribution in [0.5, 0.6) is 5.75 Å². The number of benzene rings is 1. The Hall–Kier alpha value is -2.25. The van der Waals surface area contributed by atoms with E-state index >= 15 is 0 Å². The highest BCUT2D eigenvalue weighted by Crippen LogP contribution is 2.34. The fourth-order valence-corrected chi connectivity index (χ4v) is 3.27. The quantitative estimate of drug-likeness (QED) is 0.554. The van der Waals surface area contributed by atoms with Gasteiger partial charge in [-0.3, -0.25) is 9.59 Å². The largest absolute Gasteiger partial charge is 0.506 e. The third kappa shape index (κ3) is 5.39. The first-order valence-corrected chi connectivity index (χ1v) is 9.52. The molecule has 0 aliphatic carbocycles. The lowest BCUT2D eigenvalue weighted by molar-refractivity contribution is -0.145. The molecule has 9 heteroatoms. The number of methoxy groups -OCH3 is 1. The van der Waals surface area contributed by atoms with Crippen molar-refractivity contribution in [2.45, 2.75) is 25.8 Å². The molecular weight excluding hydrogens is 407 g/mol. The summed E-state index contributed by atoms with van der Waals surface area (Å²) in [6, 6.07) is 2.26. The van der Waals surface area contributed by atoms with Crippen LogP contribution in [0, 0.1) is 5.92 Å². The van der Waals surface area contributed by atoms with Crippen molar-refractivity contribution in [3.8, 4) is 5.75 Å². The van der Waals surface area contributed by atoms with Gasteiger partial charge in [0.05, 0.1) is 12.1 Å². The zero-order valence-electron chi connectivity index (χ0n) is 15.6. The van der Waals surface area contributed by atoms with Crippen molar-refractivity contribution in [2.75, 3.05) is 20.2 Å². The van der Waals surface area contributed by atoms with Crippen molar-refractivity contribution in [3.05, 3.63) is 33.8 Å². The molecular formula is C19H22Cl2N2O5. The normalized spacial score (nSPS) is 16.1. The fraction of sp³-hybridized carbons (Fsp3) is 0.421. The average molecular weight is 429 g/mol. The van der Waals surface area contributed by atoms with Crippen LogP contribution < -0.4 is 5.32 Å². The molecule has 0 bridgehead atoms. The predicted molar refractivity (Wildman–Crippen MR) is 106 cm³/mol. The van der Waals surface area contributed by atoms with E-state index in [1.165, 1.54) is 25.3 Å². The van der Waals surface area contributed by atoms with Crippen LogP contribution in [0.15, 0.2) is 18.2 Å². The zero-order valence-corrected chi connectivity index (χ0v) is 17.1. The standard InChI is InChI=1S/C19H22Cl2N2O5/c1-11(19(27)28-2)22-18(26)13-7-9-23(10-8-13)15(25)6-4-12-3-5-14(24)17(21)16(12)20/h3-6,11,13,24H,7-10H2,1-2H3,(H,22,26). The topological polar surface area (TPSA) is 95.9 Å². The van der Waals surface area contributed by atoms with Crippen molar-refractivity contribution >= 4 is 47.1 Å². The average Bonchev–Trinajstić information content (AvgIpc) is 2.70. The van der Waals surface area contributed by atoms with E-state index in [1.54, 1.807) is 17.9 Å². The SMILES string of the molecule is COC(=O)C(C)NC(=O)C1CCN(C(=O)C=Cc2ccc(O)c(Cl)c2Cl)CC1. The highest BCUT2D eigenvalue weighted by molar-refractivity contribution is 6.43. The van der Waals surface area contributed by atoms with E-state index in [0.29, 0.717) is 31.5 Å². The molecule has 1 unspecified atom stereocenters. The number of phenolic OH excluding ortho intramolecular Hbond substituents is 1. The minimum atomic E-state index is -0.707. The molecule has 1 aromatic rings. The summed E-state index contributed by atoms with van der Waals surface area (Å²) in [5.41, 5.74) is 0.517. The van der Waals surface area contributed by atoms with Gasteiger partial charge in [0.15, 0.2) is 0 Å². The number of esters is 1. The molecule has 1 saturated heterocycles. The van der Waals surface area contributed by atoms with E-state index < -0.39 is 12.0 Å². The minimum absolute atomic E-state index is 0.0317. The summed E-state index contributed by atoms with van der Waals surface area (Å²) in [5, 5.41) is 12.3. The molecule has 0 aromatic heterocycles. The van der Waals surface area contributed by atoms with Crippen LogP contribution in [-0.4, -0.2) is 54.0 Å². The van der Waals surface area contributed by atoms with Gasteiger partial charge in [-0.25, -0.2) is 4.79 Å². The van der Waals surface area contributed by atoms with Gasteiger partial charge in [-0.15, -0.1) is 0 Å². The van der Waals surface area contributed by atoms with E-state index in [-0.39, 0.29) is 33.5 Å². The van der Waals surface area contributed by atoms with Crippen LogP contribution in [0.25, 0.3) is 6.08 Å². The van der Waals surface area contributed by atoms with Crippen molar-refractivity contribution in [1.29, 1.82) is 0 Å². The number of hydrogen-bond acceptors (Lipinski definition) is 5. The first-order valence-electron chi connectivity index (χ1n) is 8.76. The van der Waals surface area contributed by atoms with Gasteiger partial charge in [-0.2, -0.15) is 0 Å². The molecule has 1 heterocycles. The number of likely N-dealkylation sites (tertiary alicyclic amines) is 1. The fourth-order valence-electron chi connectivity index (χ4n) is 2.88. The molecule has 1 aliphatic rings. The Morgan fingerprint density at radius 2 is 1.89 bits per heavy atom. The van der Waals surface area contributed by atoms with Gasteiger partial charge in [0, 0.05) is 25.1 Å². The van der Waals surface area contributed by atoms with E-state index in [2.05, 4.69) is 10.1 Å². The van der Waals surface area contributed by atoms with Crippen molar-refractivity contribution in [1.82, 2.24) is 10.2 Å². The number of halogens is 2. The molecule has 7 nitrogen and oxygen atoms in total. The van der Waals surface area contributed by atoms with Crippen molar-refractivity contribution in [3.63, 3.8) is 0 Å². The Morgan fingerprint density at radius 3 is 2.50 bits per heavy atom. The Labute approximate surface area is 173 Å². The molecule has 1 atom stereocenters. The molecule has 28 heavy (non-hydrogen) atoms. The number of hydrogen-bond donors (Lipinski definition) is 2. The van der Waals surface area contributed by atoms with Crippen LogP contribution in [0.4, 0.5) is 0 Å². The first kappa shape index (κ1) is 22.0.